The topological polar surface area (TPSA) is 155 Å². The third-order valence-electron chi connectivity index (χ3n) is 5.63. The average Bonchev–Trinajstić information content (AvgIpc) is 2.84. The zero-order valence-corrected chi connectivity index (χ0v) is 22.0. The normalized spacial score (nSPS) is 14.4. The van der Waals surface area contributed by atoms with Crippen molar-refractivity contribution in [1.82, 2.24) is 5.32 Å². The van der Waals surface area contributed by atoms with Gasteiger partial charge < -0.3 is 25.6 Å². The minimum Gasteiger partial charge on any atom is -0.507 e. The van der Waals surface area contributed by atoms with Crippen LogP contribution in [0.5, 0.6) is 11.5 Å². The van der Waals surface area contributed by atoms with Crippen molar-refractivity contribution in [3.8, 4) is 11.5 Å². The van der Waals surface area contributed by atoms with Crippen LogP contribution in [0, 0.1) is 5.41 Å². The molecule has 0 aliphatic carbocycles. The summed E-state index contributed by atoms with van der Waals surface area (Å²) in [6, 6.07) is 9.05. The van der Waals surface area contributed by atoms with Crippen LogP contribution in [-0.4, -0.2) is 63.4 Å². The van der Waals surface area contributed by atoms with Gasteiger partial charge in [-0.1, -0.05) is 23.8 Å². The number of phenolic OH excluding ortho intramolecular Hbond substituents is 1. The van der Waals surface area contributed by atoms with Gasteiger partial charge in [0.1, 0.15) is 23.4 Å². The van der Waals surface area contributed by atoms with E-state index in [4.69, 9.17) is 32.2 Å². The number of nitrogen functional groups attached to an aromatic ring is 1. The second kappa shape index (κ2) is 12.8. The molecule has 1 heterocycles. The maximum atomic E-state index is 13.2. The van der Waals surface area contributed by atoms with Crippen LogP contribution >= 0.6 is 11.6 Å². The zero-order chi connectivity index (χ0) is 27.0. The molecule has 1 saturated heterocycles. The number of benzene rings is 2. The highest BCUT2D eigenvalue weighted by molar-refractivity contribution is 7.93. The summed E-state index contributed by atoms with van der Waals surface area (Å²) in [4.78, 5) is 12.0. The standard InChI is InChI=1S/C25H31ClN4O6S/c1-2-35-24(32)16-37(33,34)30(13-3-4-17-14-18(25(27)28)5-7-22(17)31)19-6-8-23(21(26)15-19)36-20-9-11-29-12-10-20/h3-8,14-15,20,29,31H,2,9-13,16H2,1H3,(H3,27,28)/b4-3+. The molecular formula is C25H31ClN4O6S. The summed E-state index contributed by atoms with van der Waals surface area (Å²) in [7, 11) is -4.16. The maximum Gasteiger partial charge on any atom is 0.323 e. The van der Waals surface area contributed by atoms with E-state index in [9.17, 15) is 18.3 Å². The van der Waals surface area contributed by atoms with E-state index in [-0.39, 0.29) is 41.6 Å². The third kappa shape index (κ3) is 7.85. The van der Waals surface area contributed by atoms with Gasteiger partial charge in [0.25, 0.3) is 0 Å². The molecule has 3 rings (SSSR count). The second-order valence-electron chi connectivity index (χ2n) is 8.36. The van der Waals surface area contributed by atoms with Gasteiger partial charge in [-0.05, 0) is 69.3 Å². The van der Waals surface area contributed by atoms with Crippen LogP contribution in [0.2, 0.25) is 5.02 Å². The van der Waals surface area contributed by atoms with E-state index >= 15 is 0 Å². The summed E-state index contributed by atoms with van der Waals surface area (Å²) >= 11 is 6.46. The highest BCUT2D eigenvalue weighted by atomic mass is 35.5. The van der Waals surface area contributed by atoms with Gasteiger partial charge in [0.15, 0.2) is 5.75 Å². The Bertz CT molecular complexity index is 1260. The highest BCUT2D eigenvalue weighted by Crippen LogP contribution is 2.32. The van der Waals surface area contributed by atoms with E-state index in [1.165, 1.54) is 36.4 Å². The molecule has 0 amide bonds. The molecule has 0 spiro atoms. The number of phenols is 1. The molecule has 1 aliphatic rings. The van der Waals surface area contributed by atoms with Crippen molar-refractivity contribution in [2.45, 2.75) is 25.9 Å². The number of nitrogens with one attached hydrogen (secondary N) is 2. The Morgan fingerprint density at radius 2 is 2.00 bits per heavy atom. The lowest BCUT2D eigenvalue weighted by atomic mass is 10.1. The Hall–Kier alpha value is -3.28. The van der Waals surface area contributed by atoms with E-state index in [0.717, 1.165) is 30.2 Å². The predicted molar refractivity (Wildman–Crippen MR) is 144 cm³/mol. The van der Waals surface area contributed by atoms with E-state index < -0.39 is 21.7 Å². The minimum absolute atomic E-state index is 0.00891. The summed E-state index contributed by atoms with van der Waals surface area (Å²) in [5.41, 5.74) is 6.50. The lowest BCUT2D eigenvalue weighted by Gasteiger charge is -2.26. The molecule has 5 N–H and O–H groups in total. The van der Waals surface area contributed by atoms with Gasteiger partial charge in [-0.15, -0.1) is 0 Å². The largest absolute Gasteiger partial charge is 0.507 e. The highest BCUT2D eigenvalue weighted by Gasteiger charge is 2.27. The van der Waals surface area contributed by atoms with Crippen LogP contribution in [0.15, 0.2) is 42.5 Å². The van der Waals surface area contributed by atoms with E-state index in [0.29, 0.717) is 16.9 Å². The summed E-state index contributed by atoms with van der Waals surface area (Å²) in [5, 5.41) is 21.2. The Morgan fingerprint density at radius 1 is 1.27 bits per heavy atom. The molecular weight excluding hydrogens is 520 g/mol. The number of carbonyl (C=O) groups excluding carboxylic acids is 1. The number of hydrogen-bond acceptors (Lipinski definition) is 8. The average molecular weight is 551 g/mol. The molecule has 12 heteroatoms. The molecule has 0 bridgehead atoms. The molecule has 2 aromatic rings. The van der Waals surface area contributed by atoms with Gasteiger partial charge in [-0.2, -0.15) is 0 Å². The van der Waals surface area contributed by atoms with Crippen LogP contribution in [0.25, 0.3) is 6.08 Å². The Balaban J connectivity index is 1.88. The van der Waals surface area contributed by atoms with Crippen LogP contribution in [0.1, 0.15) is 30.9 Å². The van der Waals surface area contributed by atoms with Crippen molar-refractivity contribution in [2.24, 2.45) is 5.73 Å². The predicted octanol–water partition coefficient (Wildman–Crippen LogP) is 2.87. The summed E-state index contributed by atoms with van der Waals surface area (Å²) in [6.07, 6.45) is 4.69. The molecule has 0 atom stereocenters. The minimum atomic E-state index is -4.16. The van der Waals surface area contributed by atoms with Gasteiger partial charge in [0.05, 0.1) is 23.9 Å². The quantitative estimate of drug-likeness (QED) is 0.189. The molecule has 37 heavy (non-hydrogen) atoms. The third-order valence-corrected chi connectivity index (χ3v) is 7.56. The summed E-state index contributed by atoms with van der Waals surface area (Å²) in [5.74, 6) is -1.52. The summed E-state index contributed by atoms with van der Waals surface area (Å²) in [6.45, 7) is 3.16. The first-order valence-electron chi connectivity index (χ1n) is 11.8. The molecule has 0 radical (unpaired) electrons. The van der Waals surface area contributed by atoms with Crippen molar-refractivity contribution in [3.05, 3.63) is 58.6 Å². The fraction of sp³-hybridized carbons (Fsp3) is 0.360. The molecule has 1 aliphatic heterocycles. The summed E-state index contributed by atoms with van der Waals surface area (Å²) < 4.78 is 38.3. The second-order valence-corrected chi connectivity index (χ2v) is 10.7. The molecule has 1 fully saturated rings. The first-order chi connectivity index (χ1) is 17.6. The molecule has 10 nitrogen and oxygen atoms in total. The first-order valence-corrected chi connectivity index (χ1v) is 13.8. The number of sulfonamides is 1. The maximum absolute atomic E-state index is 13.2. The van der Waals surface area contributed by atoms with Crippen molar-refractivity contribution in [1.29, 1.82) is 5.41 Å². The smallest absolute Gasteiger partial charge is 0.323 e. The Labute approximate surface area is 221 Å². The number of hydrogen-bond donors (Lipinski definition) is 4. The number of aromatic hydroxyl groups is 1. The number of esters is 1. The Kier molecular flexibility index (Phi) is 9.79. The number of ether oxygens (including phenoxy) is 2. The van der Waals surface area contributed by atoms with Gasteiger partial charge in [-0.25, -0.2) is 8.42 Å². The van der Waals surface area contributed by atoms with E-state index in [2.05, 4.69) is 5.32 Å². The number of carbonyl (C=O) groups is 1. The Morgan fingerprint density at radius 3 is 2.65 bits per heavy atom. The first kappa shape index (κ1) is 28.3. The SMILES string of the molecule is CCOC(=O)CS(=O)(=O)N(C/C=C/c1cc(C(=N)N)ccc1O)c1ccc(OC2CCNCC2)c(Cl)c1. The van der Waals surface area contributed by atoms with Gasteiger partial charge in [0, 0.05) is 11.1 Å². The zero-order valence-electron chi connectivity index (χ0n) is 20.4. The number of nitrogens with zero attached hydrogens (tertiary/aromatic N) is 1. The number of nitrogens with two attached hydrogens (primary N) is 1. The fourth-order valence-electron chi connectivity index (χ4n) is 3.77. The number of halogens is 1. The van der Waals surface area contributed by atoms with Crippen molar-refractivity contribution in [2.75, 3.05) is 36.3 Å². The molecule has 200 valence electrons. The van der Waals surface area contributed by atoms with Crippen LogP contribution in [0.4, 0.5) is 5.69 Å². The number of amidine groups is 1. The van der Waals surface area contributed by atoms with Crippen molar-refractivity contribution in [3.63, 3.8) is 0 Å². The van der Waals surface area contributed by atoms with E-state index in [1.807, 2.05) is 0 Å². The van der Waals surface area contributed by atoms with Crippen LogP contribution in [0.3, 0.4) is 0 Å². The van der Waals surface area contributed by atoms with Gasteiger partial charge in [0.2, 0.25) is 10.0 Å². The van der Waals surface area contributed by atoms with Gasteiger partial charge >= 0.3 is 5.97 Å². The van der Waals surface area contributed by atoms with E-state index in [1.54, 1.807) is 19.1 Å². The number of piperidine rings is 1. The molecule has 2 aromatic carbocycles. The molecule has 0 unspecified atom stereocenters. The number of anilines is 1. The van der Waals surface area contributed by atoms with Crippen LogP contribution in [-0.2, 0) is 19.6 Å². The molecule has 0 saturated carbocycles. The van der Waals surface area contributed by atoms with Crippen molar-refractivity contribution < 1.29 is 27.8 Å². The number of rotatable bonds is 11. The monoisotopic (exact) mass is 550 g/mol. The van der Waals surface area contributed by atoms with Gasteiger partial charge in [-0.3, -0.25) is 14.5 Å². The lowest BCUT2D eigenvalue weighted by molar-refractivity contribution is -0.139. The van der Waals surface area contributed by atoms with Crippen molar-refractivity contribution >= 4 is 45.2 Å². The lowest BCUT2D eigenvalue weighted by Crippen LogP contribution is -2.36. The molecule has 0 aromatic heterocycles. The van der Waals surface area contributed by atoms with Crippen LogP contribution < -0.4 is 20.1 Å². The fourth-order valence-corrected chi connectivity index (χ4v) is 5.28.